The molecule has 0 spiro atoms. The number of aromatic hydroxyl groups is 1. The summed E-state index contributed by atoms with van der Waals surface area (Å²) in [6.45, 7) is 1.47. The van der Waals surface area contributed by atoms with Crippen LogP contribution >= 0.6 is 11.8 Å². The monoisotopic (exact) mass is 411 g/mol. The second-order valence-corrected chi connectivity index (χ2v) is 7.11. The zero-order valence-corrected chi connectivity index (χ0v) is 15.5. The molecule has 0 aliphatic carbocycles. The third kappa shape index (κ3) is 4.23. The van der Waals surface area contributed by atoms with Gasteiger partial charge in [0.25, 0.3) is 0 Å². The summed E-state index contributed by atoms with van der Waals surface area (Å²) in [5.41, 5.74) is -3.22. The first-order valence-electron chi connectivity index (χ1n) is 8.11. The van der Waals surface area contributed by atoms with Gasteiger partial charge in [-0.25, -0.2) is 9.36 Å². The van der Waals surface area contributed by atoms with Gasteiger partial charge in [-0.2, -0.15) is 13.2 Å². The van der Waals surface area contributed by atoms with Crippen LogP contribution in [0.25, 0.3) is 5.69 Å². The van der Waals surface area contributed by atoms with Gasteiger partial charge in [-0.05, 0) is 60.6 Å². The molecule has 3 aromatic rings. The Bertz CT molecular complexity index is 1040. The van der Waals surface area contributed by atoms with Crippen LogP contribution in [0.4, 0.5) is 13.2 Å². The van der Waals surface area contributed by atoms with Crippen molar-refractivity contribution < 1.29 is 23.4 Å². The predicted octanol–water partition coefficient (Wildman–Crippen LogP) is 3.20. The number of alkyl halides is 3. The number of pyridine rings is 1. The minimum absolute atomic E-state index is 0.0201. The fraction of sp³-hybridized carbons (Fsp3) is 0.222. The van der Waals surface area contributed by atoms with Crippen LogP contribution in [0.3, 0.4) is 0 Å². The molecule has 10 heteroatoms. The van der Waals surface area contributed by atoms with Crippen LogP contribution in [0, 0.1) is 6.92 Å². The molecule has 0 saturated carbocycles. The van der Waals surface area contributed by atoms with Crippen molar-refractivity contribution in [1.29, 1.82) is 0 Å². The van der Waals surface area contributed by atoms with Gasteiger partial charge >= 0.3 is 11.2 Å². The van der Waals surface area contributed by atoms with E-state index in [1.807, 2.05) is 0 Å². The lowest BCUT2D eigenvalue weighted by Gasteiger charge is -2.07. The largest absolute Gasteiger partial charge is 0.493 e. The fourth-order valence-electron chi connectivity index (χ4n) is 2.75. The quantitative estimate of drug-likeness (QED) is 0.631. The molecular weight excluding hydrogens is 395 g/mol. The van der Waals surface area contributed by atoms with E-state index in [1.165, 1.54) is 35.0 Å². The van der Waals surface area contributed by atoms with E-state index in [1.54, 1.807) is 19.1 Å². The molecule has 0 saturated heterocycles. The molecule has 2 heterocycles. The van der Waals surface area contributed by atoms with E-state index in [9.17, 15) is 28.2 Å². The summed E-state index contributed by atoms with van der Waals surface area (Å²) >= 11 is -0.255. The Balaban J connectivity index is 1.95. The average molecular weight is 411 g/mol. The van der Waals surface area contributed by atoms with Crippen LogP contribution in [0.2, 0.25) is 0 Å². The molecule has 0 radical (unpaired) electrons. The van der Waals surface area contributed by atoms with E-state index in [2.05, 4.69) is 4.98 Å². The molecule has 0 atom stereocenters. The molecule has 0 bridgehead atoms. The van der Waals surface area contributed by atoms with Crippen molar-refractivity contribution >= 4 is 11.8 Å². The molecule has 6 nitrogen and oxygen atoms in total. The minimum Gasteiger partial charge on any atom is -0.493 e. The third-order valence-corrected chi connectivity index (χ3v) is 4.81. The standard InChI is InChI=1S/C18H16F3N3O3S/c1-11-16(26)24(14-2-4-15(5-3-14)28-18(19,20)21)17(27)23(11)9-12-6-7-22-13(8-12)10-25/h2-8,25-26H,9-10H2,1H3. The lowest BCUT2D eigenvalue weighted by molar-refractivity contribution is -0.0328. The second kappa shape index (κ2) is 7.72. The number of hydrogen-bond donors (Lipinski definition) is 2. The summed E-state index contributed by atoms with van der Waals surface area (Å²) < 4.78 is 39.7. The molecule has 2 N–H and O–H groups in total. The molecule has 2 aromatic heterocycles. The number of aliphatic hydroxyl groups is 1. The second-order valence-electron chi connectivity index (χ2n) is 5.97. The van der Waals surface area contributed by atoms with E-state index in [-0.39, 0.29) is 41.4 Å². The molecule has 28 heavy (non-hydrogen) atoms. The van der Waals surface area contributed by atoms with Crippen molar-refractivity contribution in [3.05, 3.63) is 70.0 Å². The van der Waals surface area contributed by atoms with Gasteiger partial charge in [-0.3, -0.25) is 9.55 Å². The fourth-order valence-corrected chi connectivity index (χ4v) is 3.29. The van der Waals surface area contributed by atoms with E-state index in [4.69, 9.17) is 0 Å². The van der Waals surface area contributed by atoms with Crippen LogP contribution in [0.1, 0.15) is 17.0 Å². The number of rotatable bonds is 5. The molecule has 0 amide bonds. The molecule has 3 rings (SSSR count). The Morgan fingerprint density at radius 2 is 1.86 bits per heavy atom. The van der Waals surface area contributed by atoms with E-state index < -0.39 is 11.2 Å². The topological polar surface area (TPSA) is 80.3 Å². The zero-order chi connectivity index (χ0) is 20.5. The van der Waals surface area contributed by atoms with Crippen molar-refractivity contribution in [2.75, 3.05) is 0 Å². The molecule has 0 aliphatic rings. The first-order chi connectivity index (χ1) is 13.2. The van der Waals surface area contributed by atoms with Crippen molar-refractivity contribution in [3.8, 4) is 11.6 Å². The first-order valence-corrected chi connectivity index (χ1v) is 8.93. The van der Waals surface area contributed by atoms with Crippen LogP contribution in [-0.2, 0) is 13.2 Å². The Morgan fingerprint density at radius 3 is 2.46 bits per heavy atom. The number of halogens is 3. The smallest absolute Gasteiger partial charge is 0.446 e. The highest BCUT2D eigenvalue weighted by Gasteiger charge is 2.29. The Hall–Kier alpha value is -2.72. The molecule has 0 fully saturated rings. The summed E-state index contributed by atoms with van der Waals surface area (Å²) in [4.78, 5) is 16.8. The van der Waals surface area contributed by atoms with E-state index in [0.717, 1.165) is 4.57 Å². The molecule has 148 valence electrons. The summed E-state index contributed by atoms with van der Waals surface area (Å²) in [7, 11) is 0. The maximum absolute atomic E-state index is 12.8. The van der Waals surface area contributed by atoms with Gasteiger partial charge in [0.05, 0.1) is 30.2 Å². The van der Waals surface area contributed by atoms with Crippen molar-refractivity contribution in [2.24, 2.45) is 0 Å². The number of thioether (sulfide) groups is 1. The van der Waals surface area contributed by atoms with Crippen molar-refractivity contribution in [1.82, 2.24) is 14.1 Å². The summed E-state index contributed by atoms with van der Waals surface area (Å²) in [6, 6.07) is 8.49. The number of imidazole rings is 1. The van der Waals surface area contributed by atoms with Crippen molar-refractivity contribution in [3.63, 3.8) is 0 Å². The zero-order valence-electron chi connectivity index (χ0n) is 14.6. The summed E-state index contributed by atoms with van der Waals surface area (Å²) in [5, 5.41) is 19.6. The van der Waals surface area contributed by atoms with Crippen LogP contribution in [0.15, 0.2) is 52.3 Å². The highest BCUT2D eigenvalue weighted by Crippen LogP contribution is 2.37. The highest BCUT2D eigenvalue weighted by molar-refractivity contribution is 8.00. The number of benzene rings is 1. The lowest BCUT2D eigenvalue weighted by Crippen LogP contribution is -2.24. The van der Waals surface area contributed by atoms with Gasteiger partial charge in [0, 0.05) is 11.1 Å². The number of hydrogen-bond acceptors (Lipinski definition) is 5. The molecule has 1 aromatic carbocycles. The van der Waals surface area contributed by atoms with Gasteiger partial charge in [-0.15, -0.1) is 0 Å². The maximum Gasteiger partial charge on any atom is 0.446 e. The van der Waals surface area contributed by atoms with Gasteiger partial charge < -0.3 is 10.2 Å². The van der Waals surface area contributed by atoms with Crippen LogP contribution in [0.5, 0.6) is 5.88 Å². The predicted molar refractivity (Wildman–Crippen MR) is 97.6 cm³/mol. The van der Waals surface area contributed by atoms with E-state index >= 15 is 0 Å². The average Bonchev–Trinajstić information content (AvgIpc) is 2.85. The number of aromatic nitrogens is 3. The van der Waals surface area contributed by atoms with Crippen molar-refractivity contribution in [2.45, 2.75) is 30.5 Å². The first kappa shape index (κ1) is 20.0. The van der Waals surface area contributed by atoms with Crippen LogP contribution in [-0.4, -0.2) is 29.8 Å². The summed E-state index contributed by atoms with van der Waals surface area (Å²) in [6.07, 6.45) is 1.51. The number of nitrogens with zero attached hydrogens (tertiary/aromatic N) is 3. The van der Waals surface area contributed by atoms with E-state index in [0.29, 0.717) is 17.0 Å². The molecular formula is C18H16F3N3O3S. The maximum atomic E-state index is 12.8. The third-order valence-electron chi connectivity index (χ3n) is 4.07. The Labute approximate surface area is 161 Å². The van der Waals surface area contributed by atoms with Gasteiger partial charge in [0.15, 0.2) is 0 Å². The number of aliphatic hydroxyl groups excluding tert-OH is 1. The molecule has 0 unspecified atom stereocenters. The highest BCUT2D eigenvalue weighted by atomic mass is 32.2. The summed E-state index contributed by atoms with van der Waals surface area (Å²) in [5.74, 6) is -0.294. The normalized spacial score (nSPS) is 11.8. The van der Waals surface area contributed by atoms with Gasteiger partial charge in [0.1, 0.15) is 0 Å². The van der Waals surface area contributed by atoms with Crippen LogP contribution < -0.4 is 5.69 Å². The molecule has 0 aliphatic heterocycles. The SMILES string of the molecule is Cc1c(O)n(-c2ccc(SC(F)(F)F)cc2)c(=O)n1Cc1ccnc(CO)c1. The van der Waals surface area contributed by atoms with Gasteiger partial charge in [-0.1, -0.05) is 0 Å². The lowest BCUT2D eigenvalue weighted by atomic mass is 10.2. The van der Waals surface area contributed by atoms with Gasteiger partial charge in [0.2, 0.25) is 5.88 Å². The Kier molecular flexibility index (Phi) is 5.52. The Morgan fingerprint density at radius 1 is 1.18 bits per heavy atom. The minimum atomic E-state index is -4.40.